The lowest BCUT2D eigenvalue weighted by molar-refractivity contribution is 0.0470. The van der Waals surface area contributed by atoms with Crippen LogP contribution in [0.2, 0.25) is 0 Å². The molecule has 0 aliphatic carbocycles. The van der Waals surface area contributed by atoms with Crippen molar-refractivity contribution in [3.05, 3.63) is 0 Å². The van der Waals surface area contributed by atoms with Gasteiger partial charge in [0, 0.05) is 6.61 Å². The van der Waals surface area contributed by atoms with Gasteiger partial charge >= 0.3 is 0 Å². The van der Waals surface area contributed by atoms with E-state index in [1.54, 1.807) is 0 Å². The molecule has 0 aliphatic rings. The average molecular weight is 313 g/mol. The molecule has 1 unspecified atom stereocenters. The second-order valence-electron chi connectivity index (χ2n) is 6.90. The molecule has 22 heavy (non-hydrogen) atoms. The van der Waals surface area contributed by atoms with Gasteiger partial charge in [0.25, 0.3) is 0 Å². The van der Waals surface area contributed by atoms with Crippen LogP contribution in [0.25, 0.3) is 0 Å². The Balaban J connectivity index is 3.43. The van der Waals surface area contributed by atoms with E-state index in [1.807, 2.05) is 0 Å². The number of hydrogen-bond donors (Lipinski definition) is 0. The Morgan fingerprint density at radius 1 is 0.500 bits per heavy atom. The Bertz CT molecular complexity index is 190. The first-order valence-electron chi connectivity index (χ1n) is 10.5. The first kappa shape index (κ1) is 22.0. The van der Waals surface area contributed by atoms with Crippen molar-refractivity contribution in [2.45, 2.75) is 130 Å². The summed E-state index contributed by atoms with van der Waals surface area (Å²) in [5.74, 6) is 0. The molecular formula is C21H44O. The Hall–Kier alpha value is -0.0400. The highest BCUT2D eigenvalue weighted by Gasteiger charge is 2.07. The van der Waals surface area contributed by atoms with E-state index in [4.69, 9.17) is 4.74 Å². The quantitative estimate of drug-likeness (QED) is 0.236. The Labute approximate surface area is 141 Å². The van der Waals surface area contributed by atoms with E-state index in [0.29, 0.717) is 6.10 Å². The number of hydrogen-bond acceptors (Lipinski definition) is 1. The number of unbranched alkanes of at least 4 members (excludes halogenated alkanes) is 12. The van der Waals surface area contributed by atoms with E-state index in [2.05, 4.69) is 20.8 Å². The minimum absolute atomic E-state index is 0.538. The lowest BCUT2D eigenvalue weighted by Crippen LogP contribution is -2.12. The van der Waals surface area contributed by atoms with Crippen molar-refractivity contribution in [2.24, 2.45) is 0 Å². The van der Waals surface area contributed by atoms with Crippen molar-refractivity contribution in [3.8, 4) is 0 Å². The van der Waals surface area contributed by atoms with E-state index >= 15 is 0 Å². The van der Waals surface area contributed by atoms with Crippen LogP contribution >= 0.6 is 0 Å². The molecule has 0 spiro atoms. The molecule has 0 aliphatic heterocycles. The fraction of sp³-hybridized carbons (Fsp3) is 1.00. The SMILES string of the molecule is CCCCCCCCCCC(CCCCCCCC)OCC. The van der Waals surface area contributed by atoms with Crippen LogP contribution in [-0.2, 0) is 4.74 Å². The normalized spacial score (nSPS) is 12.7. The summed E-state index contributed by atoms with van der Waals surface area (Å²) in [6, 6.07) is 0. The van der Waals surface area contributed by atoms with Crippen LogP contribution in [0.5, 0.6) is 0 Å². The van der Waals surface area contributed by atoms with Gasteiger partial charge in [-0.2, -0.15) is 0 Å². The predicted molar refractivity (Wildman–Crippen MR) is 101 cm³/mol. The highest BCUT2D eigenvalue weighted by atomic mass is 16.5. The van der Waals surface area contributed by atoms with Crippen LogP contribution in [0.3, 0.4) is 0 Å². The van der Waals surface area contributed by atoms with Crippen LogP contribution in [0.1, 0.15) is 124 Å². The molecule has 0 rings (SSSR count). The van der Waals surface area contributed by atoms with E-state index in [1.165, 1.54) is 103 Å². The molecule has 0 aromatic heterocycles. The summed E-state index contributed by atoms with van der Waals surface area (Å²) in [7, 11) is 0. The van der Waals surface area contributed by atoms with Crippen molar-refractivity contribution in [1.29, 1.82) is 0 Å². The zero-order valence-electron chi connectivity index (χ0n) is 16.0. The highest BCUT2D eigenvalue weighted by Crippen LogP contribution is 2.16. The lowest BCUT2D eigenvalue weighted by Gasteiger charge is -2.17. The zero-order chi connectivity index (χ0) is 16.3. The third kappa shape index (κ3) is 16.3. The molecule has 1 heteroatoms. The Morgan fingerprint density at radius 2 is 0.864 bits per heavy atom. The molecule has 0 saturated carbocycles. The zero-order valence-corrected chi connectivity index (χ0v) is 16.0. The van der Waals surface area contributed by atoms with Crippen molar-refractivity contribution in [2.75, 3.05) is 6.61 Å². The third-order valence-electron chi connectivity index (χ3n) is 4.66. The first-order chi connectivity index (χ1) is 10.8. The van der Waals surface area contributed by atoms with Crippen molar-refractivity contribution < 1.29 is 4.74 Å². The van der Waals surface area contributed by atoms with E-state index in [9.17, 15) is 0 Å². The average Bonchev–Trinajstić information content (AvgIpc) is 2.53. The predicted octanol–water partition coefficient (Wildman–Crippen LogP) is 7.67. The monoisotopic (exact) mass is 312 g/mol. The molecule has 0 aromatic rings. The molecule has 134 valence electrons. The van der Waals surface area contributed by atoms with Gasteiger partial charge in [-0.25, -0.2) is 0 Å². The Morgan fingerprint density at radius 3 is 1.23 bits per heavy atom. The van der Waals surface area contributed by atoms with Gasteiger partial charge < -0.3 is 4.74 Å². The Kier molecular flexibility index (Phi) is 19.0. The second kappa shape index (κ2) is 19.0. The molecule has 0 saturated heterocycles. The van der Waals surface area contributed by atoms with Crippen LogP contribution in [0.15, 0.2) is 0 Å². The van der Waals surface area contributed by atoms with Gasteiger partial charge in [0.1, 0.15) is 0 Å². The molecule has 0 aromatic carbocycles. The molecule has 0 fully saturated rings. The topological polar surface area (TPSA) is 9.23 Å². The van der Waals surface area contributed by atoms with Gasteiger partial charge in [0.15, 0.2) is 0 Å². The van der Waals surface area contributed by atoms with Crippen molar-refractivity contribution in [1.82, 2.24) is 0 Å². The standard InChI is InChI=1S/C21H44O/c1-4-7-9-11-13-14-16-18-20-21(22-6-3)19-17-15-12-10-8-5-2/h21H,4-20H2,1-3H3. The van der Waals surface area contributed by atoms with E-state index < -0.39 is 0 Å². The molecule has 0 amide bonds. The van der Waals surface area contributed by atoms with Gasteiger partial charge in [-0.15, -0.1) is 0 Å². The fourth-order valence-electron chi connectivity index (χ4n) is 3.20. The van der Waals surface area contributed by atoms with E-state index in [0.717, 1.165) is 6.61 Å². The second-order valence-corrected chi connectivity index (χ2v) is 6.90. The largest absolute Gasteiger partial charge is 0.379 e. The highest BCUT2D eigenvalue weighted by molar-refractivity contribution is 4.60. The fourth-order valence-corrected chi connectivity index (χ4v) is 3.20. The summed E-state index contributed by atoms with van der Waals surface area (Å²) in [5.41, 5.74) is 0. The number of ether oxygens (including phenoxy) is 1. The van der Waals surface area contributed by atoms with Gasteiger partial charge in [0.05, 0.1) is 6.10 Å². The van der Waals surface area contributed by atoms with Crippen LogP contribution in [-0.4, -0.2) is 12.7 Å². The summed E-state index contributed by atoms with van der Waals surface area (Å²) < 4.78 is 5.93. The molecule has 1 atom stereocenters. The minimum atomic E-state index is 0.538. The van der Waals surface area contributed by atoms with E-state index in [-0.39, 0.29) is 0 Å². The minimum Gasteiger partial charge on any atom is -0.379 e. The summed E-state index contributed by atoms with van der Waals surface area (Å²) >= 11 is 0. The van der Waals surface area contributed by atoms with Crippen molar-refractivity contribution >= 4 is 0 Å². The summed E-state index contributed by atoms with van der Waals surface area (Å²) in [6.07, 6.45) is 22.8. The smallest absolute Gasteiger partial charge is 0.0575 e. The van der Waals surface area contributed by atoms with Gasteiger partial charge in [-0.05, 0) is 19.8 Å². The van der Waals surface area contributed by atoms with Crippen molar-refractivity contribution in [3.63, 3.8) is 0 Å². The van der Waals surface area contributed by atoms with Gasteiger partial charge in [0.2, 0.25) is 0 Å². The maximum Gasteiger partial charge on any atom is 0.0575 e. The summed E-state index contributed by atoms with van der Waals surface area (Å²) in [5, 5.41) is 0. The van der Waals surface area contributed by atoms with Crippen LogP contribution < -0.4 is 0 Å². The molecule has 0 radical (unpaired) electrons. The van der Waals surface area contributed by atoms with Gasteiger partial charge in [-0.3, -0.25) is 0 Å². The molecular weight excluding hydrogens is 268 g/mol. The number of rotatable bonds is 18. The first-order valence-corrected chi connectivity index (χ1v) is 10.5. The molecule has 1 nitrogen and oxygen atoms in total. The van der Waals surface area contributed by atoms with Crippen LogP contribution in [0, 0.1) is 0 Å². The molecule has 0 heterocycles. The molecule has 0 bridgehead atoms. The lowest BCUT2D eigenvalue weighted by atomic mass is 10.0. The van der Waals surface area contributed by atoms with Crippen LogP contribution in [0.4, 0.5) is 0 Å². The summed E-state index contributed by atoms with van der Waals surface area (Å²) in [6.45, 7) is 7.60. The third-order valence-corrected chi connectivity index (χ3v) is 4.66. The maximum absolute atomic E-state index is 5.93. The molecule has 0 N–H and O–H groups in total. The van der Waals surface area contributed by atoms with Gasteiger partial charge in [-0.1, -0.05) is 104 Å². The summed E-state index contributed by atoms with van der Waals surface area (Å²) in [4.78, 5) is 0. The maximum atomic E-state index is 5.93.